The van der Waals surface area contributed by atoms with Crippen molar-refractivity contribution in [1.29, 1.82) is 0 Å². The van der Waals surface area contributed by atoms with Crippen molar-refractivity contribution in [3.8, 4) is 11.3 Å². The molecule has 0 aliphatic heterocycles. The van der Waals surface area contributed by atoms with Crippen molar-refractivity contribution in [2.75, 3.05) is 25.5 Å². The predicted molar refractivity (Wildman–Crippen MR) is 139 cm³/mol. The summed E-state index contributed by atoms with van der Waals surface area (Å²) in [5, 5.41) is 8.54. The van der Waals surface area contributed by atoms with Crippen LogP contribution in [0.25, 0.3) is 16.9 Å². The summed E-state index contributed by atoms with van der Waals surface area (Å²) in [4.78, 5) is 19.4. The number of hydrogen-bond donors (Lipinski definition) is 1. The van der Waals surface area contributed by atoms with Gasteiger partial charge in [0.2, 0.25) is 5.91 Å². The first-order chi connectivity index (χ1) is 16.5. The van der Waals surface area contributed by atoms with Gasteiger partial charge in [-0.1, -0.05) is 60.1 Å². The highest BCUT2D eigenvalue weighted by Crippen LogP contribution is 2.48. The van der Waals surface area contributed by atoms with E-state index in [0.717, 1.165) is 34.4 Å². The first-order valence-corrected chi connectivity index (χ1v) is 12.5. The van der Waals surface area contributed by atoms with E-state index in [2.05, 4.69) is 38.5 Å². The molecular formula is C26H25BrClN5O. The molecule has 5 rings (SSSR count). The molecular weight excluding hydrogens is 514 g/mol. The quantitative estimate of drug-likeness (QED) is 0.285. The molecule has 2 heterocycles. The molecule has 2 atom stereocenters. The molecule has 0 spiro atoms. The second-order valence-corrected chi connectivity index (χ2v) is 9.90. The topological polar surface area (TPSA) is 62.5 Å². The van der Waals surface area contributed by atoms with Gasteiger partial charge in [-0.15, -0.1) is 0 Å². The van der Waals surface area contributed by atoms with Crippen LogP contribution in [0.4, 0.5) is 5.82 Å². The van der Waals surface area contributed by atoms with Crippen LogP contribution >= 0.6 is 27.5 Å². The summed E-state index contributed by atoms with van der Waals surface area (Å²) in [6, 6.07) is 19.9. The number of nitrogens with one attached hydrogen (secondary N) is 1. The fourth-order valence-corrected chi connectivity index (χ4v) is 4.91. The van der Waals surface area contributed by atoms with E-state index < -0.39 is 0 Å². The van der Waals surface area contributed by atoms with Crippen molar-refractivity contribution in [2.24, 2.45) is 5.92 Å². The maximum Gasteiger partial charge on any atom is 0.226 e. The van der Waals surface area contributed by atoms with Crippen LogP contribution < -0.4 is 5.32 Å². The van der Waals surface area contributed by atoms with Crippen LogP contribution in [0.15, 0.2) is 71.3 Å². The van der Waals surface area contributed by atoms with Crippen LogP contribution in [0.1, 0.15) is 24.3 Å². The zero-order valence-corrected chi connectivity index (χ0v) is 21.1. The minimum Gasteiger partial charge on any atom is -0.370 e. The van der Waals surface area contributed by atoms with E-state index in [9.17, 15) is 4.79 Å². The van der Waals surface area contributed by atoms with Crippen LogP contribution in [0.5, 0.6) is 0 Å². The molecule has 2 aromatic carbocycles. The number of nitrogens with zero attached hydrogens (tertiary/aromatic N) is 4. The van der Waals surface area contributed by atoms with E-state index in [1.807, 2.05) is 60.5 Å². The predicted octanol–water partition coefficient (Wildman–Crippen LogP) is 5.88. The van der Waals surface area contributed by atoms with E-state index in [-0.39, 0.29) is 11.8 Å². The van der Waals surface area contributed by atoms with Gasteiger partial charge in [0.25, 0.3) is 0 Å². The van der Waals surface area contributed by atoms with Gasteiger partial charge in [-0.3, -0.25) is 4.79 Å². The molecule has 174 valence electrons. The number of carbonyl (C=O) groups excluding carboxylic acids is 1. The highest BCUT2D eigenvalue weighted by atomic mass is 79.9. The molecule has 34 heavy (non-hydrogen) atoms. The van der Waals surface area contributed by atoms with Crippen molar-refractivity contribution in [3.05, 3.63) is 81.9 Å². The Labute approximate surface area is 212 Å². The van der Waals surface area contributed by atoms with Gasteiger partial charge in [-0.25, -0.2) is 4.98 Å². The highest BCUT2D eigenvalue weighted by molar-refractivity contribution is 9.10. The number of amides is 1. The fourth-order valence-electron chi connectivity index (χ4n) is 4.33. The van der Waals surface area contributed by atoms with Gasteiger partial charge in [-0.2, -0.15) is 9.61 Å². The maximum absolute atomic E-state index is 12.8. The summed E-state index contributed by atoms with van der Waals surface area (Å²) in [5.74, 6) is 1.53. The van der Waals surface area contributed by atoms with Gasteiger partial charge >= 0.3 is 0 Å². The lowest BCUT2D eigenvalue weighted by atomic mass is 10.1. The van der Waals surface area contributed by atoms with E-state index in [1.54, 1.807) is 10.7 Å². The zero-order chi connectivity index (χ0) is 23.7. The van der Waals surface area contributed by atoms with Gasteiger partial charge in [0, 0.05) is 42.7 Å². The van der Waals surface area contributed by atoms with Gasteiger partial charge in [0.1, 0.15) is 5.82 Å². The number of fused-ring (bicyclic) bond motifs is 1. The Balaban J connectivity index is 1.22. The van der Waals surface area contributed by atoms with Crippen molar-refractivity contribution in [3.63, 3.8) is 0 Å². The number of rotatable bonds is 8. The lowest BCUT2D eigenvalue weighted by Crippen LogP contribution is -2.30. The largest absolute Gasteiger partial charge is 0.370 e. The van der Waals surface area contributed by atoms with Crippen LogP contribution in [0, 0.1) is 5.92 Å². The van der Waals surface area contributed by atoms with Gasteiger partial charge < -0.3 is 10.2 Å². The Bertz CT molecular complexity index is 1330. The molecule has 1 saturated carbocycles. The summed E-state index contributed by atoms with van der Waals surface area (Å²) >= 11 is 9.95. The fraction of sp³-hybridized carbons (Fsp3) is 0.269. The Hall–Kier alpha value is -2.90. The third-order valence-corrected chi connectivity index (χ3v) is 7.16. The summed E-state index contributed by atoms with van der Waals surface area (Å²) in [7, 11) is 1.90. The zero-order valence-electron chi connectivity index (χ0n) is 18.8. The second kappa shape index (κ2) is 9.76. The van der Waals surface area contributed by atoms with Crippen LogP contribution in [0.3, 0.4) is 0 Å². The first kappa shape index (κ1) is 22.9. The molecule has 1 fully saturated rings. The first-order valence-electron chi connectivity index (χ1n) is 11.4. The van der Waals surface area contributed by atoms with Gasteiger partial charge in [0.15, 0.2) is 5.65 Å². The maximum atomic E-state index is 12.8. The third kappa shape index (κ3) is 4.68. The van der Waals surface area contributed by atoms with Crippen molar-refractivity contribution in [2.45, 2.75) is 18.8 Å². The highest BCUT2D eigenvalue weighted by Gasteiger charge is 2.44. The number of anilines is 1. The number of aromatic nitrogens is 3. The Morgan fingerprint density at radius 3 is 2.76 bits per heavy atom. The van der Waals surface area contributed by atoms with E-state index in [4.69, 9.17) is 16.6 Å². The minimum absolute atomic E-state index is 0.111. The van der Waals surface area contributed by atoms with Crippen molar-refractivity contribution < 1.29 is 4.79 Å². The Morgan fingerprint density at radius 2 is 1.97 bits per heavy atom. The smallest absolute Gasteiger partial charge is 0.226 e. The normalized spacial score (nSPS) is 17.0. The van der Waals surface area contributed by atoms with Crippen LogP contribution in [-0.4, -0.2) is 45.5 Å². The summed E-state index contributed by atoms with van der Waals surface area (Å²) in [6.45, 7) is 1.39. The summed E-state index contributed by atoms with van der Waals surface area (Å²) in [5.41, 5.74) is 3.62. The molecule has 0 saturated heterocycles. The average molecular weight is 539 g/mol. The number of hydrogen-bond acceptors (Lipinski definition) is 4. The number of halogens is 2. The summed E-state index contributed by atoms with van der Waals surface area (Å²) < 4.78 is 2.58. The molecule has 1 aliphatic rings. The molecule has 2 aromatic heterocycles. The Morgan fingerprint density at radius 1 is 1.21 bits per heavy atom. The molecule has 1 N–H and O–H groups in total. The molecule has 8 heteroatoms. The molecule has 6 nitrogen and oxygen atoms in total. The SMILES string of the molecule is CN(CCCNc1cc(-c2ccccc2Cl)nc2c(Br)cnn12)C(=O)[C@@H]1C[C@H]1c1ccccc1. The number of carbonyl (C=O) groups is 1. The van der Waals surface area contributed by atoms with Crippen LogP contribution in [0.2, 0.25) is 5.02 Å². The molecule has 0 unspecified atom stereocenters. The lowest BCUT2D eigenvalue weighted by molar-refractivity contribution is -0.131. The van der Waals surface area contributed by atoms with Crippen LogP contribution in [-0.2, 0) is 4.79 Å². The number of benzene rings is 2. The van der Waals surface area contributed by atoms with Crippen molar-refractivity contribution in [1.82, 2.24) is 19.5 Å². The average Bonchev–Trinajstić information content (AvgIpc) is 3.58. The van der Waals surface area contributed by atoms with Gasteiger partial charge in [0.05, 0.1) is 16.4 Å². The molecule has 4 aromatic rings. The lowest BCUT2D eigenvalue weighted by Gasteiger charge is -2.18. The van der Waals surface area contributed by atoms with Crippen molar-refractivity contribution >= 4 is 44.9 Å². The Kier molecular flexibility index (Phi) is 6.57. The standard InChI is InChI=1S/C26H25BrClN5O/c1-32(26(34)20-14-19(20)17-8-3-2-4-9-17)13-7-12-29-24-15-23(18-10-5-6-11-22(18)28)31-25-21(27)16-30-33(24)25/h2-6,8-11,15-16,19-20,29H,7,12-14H2,1H3/t19-,20+/m0/s1. The second-order valence-electron chi connectivity index (χ2n) is 8.63. The van der Waals surface area contributed by atoms with E-state index in [1.165, 1.54) is 5.56 Å². The van der Waals surface area contributed by atoms with E-state index >= 15 is 0 Å². The monoisotopic (exact) mass is 537 g/mol. The minimum atomic E-state index is 0.111. The van der Waals surface area contributed by atoms with E-state index in [0.29, 0.717) is 29.7 Å². The van der Waals surface area contributed by atoms with Gasteiger partial charge in [-0.05, 0) is 46.3 Å². The summed E-state index contributed by atoms with van der Waals surface area (Å²) in [6.07, 6.45) is 3.49. The molecule has 0 bridgehead atoms. The third-order valence-electron chi connectivity index (χ3n) is 6.27. The molecule has 1 amide bonds. The molecule has 0 radical (unpaired) electrons. The molecule has 1 aliphatic carbocycles.